The van der Waals surface area contributed by atoms with E-state index in [1.165, 1.54) is 0 Å². The number of aryl methyl sites for hydroxylation is 1. The van der Waals surface area contributed by atoms with Gasteiger partial charge in [-0.15, -0.1) is 0 Å². The number of hydrogen-bond acceptors (Lipinski definition) is 3. The fourth-order valence-corrected chi connectivity index (χ4v) is 2.71. The van der Waals surface area contributed by atoms with Crippen LogP contribution < -0.4 is 0 Å². The number of benzene rings is 1. The average molecular weight is 320 g/mol. The Morgan fingerprint density at radius 3 is 2.45 bits per heavy atom. The van der Waals surface area contributed by atoms with E-state index in [0.717, 1.165) is 5.56 Å². The molecule has 0 bridgehead atoms. The van der Waals surface area contributed by atoms with Crippen LogP contribution in [0.1, 0.15) is 26.5 Å². The number of carbonyl (C=O) groups excluding carboxylic acids is 1. The van der Waals surface area contributed by atoms with Crippen LogP contribution in [0.3, 0.4) is 0 Å². The lowest BCUT2D eigenvalue weighted by atomic mass is 10.1. The summed E-state index contributed by atoms with van der Waals surface area (Å²) in [4.78, 5) is 14.7. The van der Waals surface area contributed by atoms with E-state index in [-0.39, 0.29) is 10.9 Å². The number of nitrogens with zero attached hydrogens (tertiary/aromatic N) is 1. The van der Waals surface area contributed by atoms with Gasteiger partial charge in [0.15, 0.2) is 15.9 Å². The van der Waals surface area contributed by atoms with Crippen LogP contribution in [-0.4, -0.2) is 10.8 Å². The lowest BCUT2D eigenvalue weighted by Gasteiger charge is -2.05. The number of halogens is 4. The first kappa shape index (κ1) is 15.0. The predicted molar refractivity (Wildman–Crippen MR) is 71.3 cm³/mol. The summed E-state index contributed by atoms with van der Waals surface area (Å²) in [6.45, 7) is 1.89. The second-order valence-corrected chi connectivity index (χ2v) is 5.81. The molecule has 0 unspecified atom stereocenters. The molecule has 7 heteroatoms. The van der Waals surface area contributed by atoms with Gasteiger partial charge in [0, 0.05) is 6.42 Å². The third kappa shape index (κ3) is 3.37. The lowest BCUT2D eigenvalue weighted by molar-refractivity contribution is -0.141. The van der Waals surface area contributed by atoms with Crippen molar-refractivity contribution in [2.75, 3.05) is 0 Å². The Morgan fingerprint density at radius 1 is 1.30 bits per heavy atom. The first-order valence-electron chi connectivity index (χ1n) is 5.59. The van der Waals surface area contributed by atoms with Crippen LogP contribution in [0.4, 0.5) is 13.2 Å². The molecule has 2 nitrogen and oxygen atoms in total. The highest BCUT2D eigenvalue weighted by molar-refractivity contribution is 7.17. The van der Waals surface area contributed by atoms with Crippen molar-refractivity contribution in [3.63, 3.8) is 0 Å². The maximum atomic E-state index is 12.7. The summed E-state index contributed by atoms with van der Waals surface area (Å²) in [5.74, 6) is -0.634. The van der Waals surface area contributed by atoms with E-state index in [0.29, 0.717) is 16.9 Å². The van der Waals surface area contributed by atoms with Gasteiger partial charge in [0.1, 0.15) is 4.88 Å². The summed E-state index contributed by atoms with van der Waals surface area (Å²) in [5.41, 5.74) is 0.459. The Bertz CT molecular complexity index is 634. The summed E-state index contributed by atoms with van der Waals surface area (Å²) >= 11 is 6.05. The zero-order valence-electron chi connectivity index (χ0n) is 10.3. The van der Waals surface area contributed by atoms with Crippen molar-refractivity contribution in [2.45, 2.75) is 19.5 Å². The van der Waals surface area contributed by atoms with Gasteiger partial charge >= 0.3 is 6.18 Å². The second kappa shape index (κ2) is 5.54. The van der Waals surface area contributed by atoms with E-state index < -0.39 is 22.5 Å². The lowest BCUT2D eigenvalue weighted by Crippen LogP contribution is -2.13. The summed E-state index contributed by atoms with van der Waals surface area (Å²) in [5, 5.41) is 0. The molecular weight excluding hydrogens is 311 g/mol. The molecule has 0 N–H and O–H groups in total. The number of carbonyl (C=O) groups is 1. The highest BCUT2D eigenvalue weighted by Gasteiger charge is 2.39. The van der Waals surface area contributed by atoms with Crippen molar-refractivity contribution < 1.29 is 18.0 Å². The maximum Gasteiger partial charge on any atom is 0.434 e. The average Bonchev–Trinajstić information content (AvgIpc) is 2.74. The highest BCUT2D eigenvalue weighted by atomic mass is 35.5. The maximum absolute atomic E-state index is 12.7. The Labute approximate surface area is 122 Å². The number of ketones is 1. The molecule has 2 aromatic rings. The third-order valence-corrected chi connectivity index (χ3v) is 3.81. The topological polar surface area (TPSA) is 30.0 Å². The molecule has 0 aliphatic heterocycles. The normalized spacial score (nSPS) is 11.7. The van der Waals surface area contributed by atoms with Gasteiger partial charge in [-0.2, -0.15) is 13.2 Å². The van der Waals surface area contributed by atoms with E-state index in [9.17, 15) is 18.0 Å². The van der Waals surface area contributed by atoms with Gasteiger partial charge in [0.25, 0.3) is 0 Å². The van der Waals surface area contributed by atoms with Crippen molar-refractivity contribution >= 4 is 28.7 Å². The number of rotatable bonds is 3. The standard InChI is InChI=1S/C13H9ClF3NOS/c1-7-2-4-8(5-3-7)6-9(19)10-11(13(15,16)17)18-12(14)20-10/h2-5H,6H2,1H3. The van der Waals surface area contributed by atoms with E-state index >= 15 is 0 Å². The van der Waals surface area contributed by atoms with Gasteiger partial charge < -0.3 is 0 Å². The summed E-state index contributed by atoms with van der Waals surface area (Å²) < 4.78 is 38.0. The number of hydrogen-bond donors (Lipinski definition) is 0. The highest BCUT2D eigenvalue weighted by Crippen LogP contribution is 2.36. The van der Waals surface area contributed by atoms with Crippen LogP contribution in [0.5, 0.6) is 0 Å². The number of aromatic nitrogens is 1. The zero-order valence-corrected chi connectivity index (χ0v) is 11.9. The van der Waals surface area contributed by atoms with Crippen molar-refractivity contribution in [1.29, 1.82) is 0 Å². The quantitative estimate of drug-likeness (QED) is 0.777. The molecule has 106 valence electrons. The van der Waals surface area contributed by atoms with Crippen molar-refractivity contribution in [3.05, 3.63) is 50.4 Å². The van der Waals surface area contributed by atoms with Crippen LogP contribution in [-0.2, 0) is 12.6 Å². The van der Waals surface area contributed by atoms with Crippen LogP contribution in [0, 0.1) is 6.92 Å². The van der Waals surface area contributed by atoms with E-state index in [2.05, 4.69) is 4.98 Å². The molecule has 1 aromatic carbocycles. The Balaban J connectivity index is 2.28. The zero-order chi connectivity index (χ0) is 14.9. The van der Waals surface area contributed by atoms with E-state index in [4.69, 9.17) is 11.6 Å². The van der Waals surface area contributed by atoms with Crippen molar-refractivity contribution in [2.24, 2.45) is 0 Å². The minimum Gasteiger partial charge on any atom is -0.293 e. The minimum absolute atomic E-state index is 0.109. The Morgan fingerprint density at radius 2 is 1.90 bits per heavy atom. The Kier molecular flexibility index (Phi) is 4.15. The minimum atomic E-state index is -4.68. The summed E-state index contributed by atoms with van der Waals surface area (Å²) in [6, 6.07) is 7.02. The van der Waals surface area contributed by atoms with E-state index in [1.54, 1.807) is 24.3 Å². The van der Waals surface area contributed by atoms with Gasteiger partial charge in [-0.25, -0.2) is 4.98 Å². The van der Waals surface area contributed by atoms with E-state index in [1.807, 2.05) is 6.92 Å². The second-order valence-electron chi connectivity index (χ2n) is 4.23. The smallest absolute Gasteiger partial charge is 0.293 e. The largest absolute Gasteiger partial charge is 0.434 e. The van der Waals surface area contributed by atoms with Crippen LogP contribution >= 0.6 is 22.9 Å². The molecule has 0 radical (unpaired) electrons. The molecule has 0 saturated carbocycles. The van der Waals surface area contributed by atoms with Crippen LogP contribution in [0.15, 0.2) is 24.3 Å². The van der Waals surface area contributed by atoms with Crippen molar-refractivity contribution in [3.8, 4) is 0 Å². The van der Waals surface area contributed by atoms with Crippen LogP contribution in [0.2, 0.25) is 4.47 Å². The molecule has 20 heavy (non-hydrogen) atoms. The predicted octanol–water partition coefficient (Wildman–Crippen LogP) is 4.55. The van der Waals surface area contributed by atoms with Crippen molar-refractivity contribution in [1.82, 2.24) is 4.98 Å². The Hall–Kier alpha value is -1.40. The van der Waals surface area contributed by atoms with Gasteiger partial charge in [0.2, 0.25) is 0 Å². The molecule has 0 amide bonds. The molecule has 1 heterocycles. The molecule has 0 aliphatic carbocycles. The van der Waals surface area contributed by atoms with Gasteiger partial charge in [-0.1, -0.05) is 52.8 Å². The first-order chi connectivity index (χ1) is 9.27. The molecule has 0 aliphatic rings. The molecule has 0 spiro atoms. The summed E-state index contributed by atoms with van der Waals surface area (Å²) in [6.07, 6.45) is -4.79. The third-order valence-electron chi connectivity index (χ3n) is 2.61. The fourth-order valence-electron chi connectivity index (χ4n) is 1.65. The fraction of sp³-hybridized carbons (Fsp3) is 0.231. The molecule has 1 aromatic heterocycles. The molecule has 0 fully saturated rings. The SMILES string of the molecule is Cc1ccc(CC(=O)c2sc(Cl)nc2C(F)(F)F)cc1. The van der Waals surface area contributed by atoms with Crippen LogP contribution in [0.25, 0.3) is 0 Å². The molecule has 2 rings (SSSR count). The monoisotopic (exact) mass is 319 g/mol. The number of alkyl halides is 3. The number of thiazole rings is 1. The van der Waals surface area contributed by atoms with Gasteiger partial charge in [-0.3, -0.25) is 4.79 Å². The molecule has 0 saturated heterocycles. The summed E-state index contributed by atoms with van der Waals surface area (Å²) in [7, 11) is 0. The first-order valence-corrected chi connectivity index (χ1v) is 6.79. The van der Waals surface area contributed by atoms with Gasteiger partial charge in [0.05, 0.1) is 0 Å². The molecular formula is C13H9ClF3NOS. The number of Topliss-reactive ketones (excluding diaryl/α,β-unsaturated/α-hetero) is 1. The molecule has 0 atom stereocenters. The van der Waals surface area contributed by atoms with Gasteiger partial charge in [-0.05, 0) is 12.5 Å².